The number of aliphatic hydroxyl groups is 3. The first-order valence-corrected chi connectivity index (χ1v) is 7.48. The highest BCUT2D eigenvalue weighted by molar-refractivity contribution is 6.42. The molecule has 0 aromatic heterocycles. The molecule has 3 unspecified atom stereocenters. The van der Waals surface area contributed by atoms with Crippen LogP contribution in [0.3, 0.4) is 0 Å². The third-order valence-corrected chi connectivity index (χ3v) is 3.72. The van der Waals surface area contributed by atoms with E-state index in [0.717, 1.165) is 5.56 Å². The quantitative estimate of drug-likeness (QED) is 0.391. The fraction of sp³-hybridized carbons (Fsp3) is 0.429. The minimum Gasteiger partial charge on any atom is -0.479 e. The van der Waals surface area contributed by atoms with E-state index in [1.165, 1.54) is 0 Å². The third kappa shape index (κ3) is 7.43. The predicted molar refractivity (Wildman–Crippen MR) is 87.2 cm³/mol. The lowest BCUT2D eigenvalue weighted by atomic mass is 9.96. The van der Waals surface area contributed by atoms with Crippen molar-refractivity contribution in [1.82, 2.24) is 0 Å². The summed E-state index contributed by atoms with van der Waals surface area (Å²) in [5.74, 6) is -3.39. The first kappa shape index (κ1) is 22.6. The van der Waals surface area contributed by atoms with Gasteiger partial charge in [0, 0.05) is 6.61 Å². The average molecular weight is 384 g/mol. The van der Waals surface area contributed by atoms with E-state index in [1.54, 1.807) is 12.1 Å². The normalized spacial score (nSPS) is 14.1. The van der Waals surface area contributed by atoms with Crippen LogP contribution in [-0.4, -0.2) is 62.8 Å². The van der Waals surface area contributed by atoms with Crippen molar-refractivity contribution in [2.45, 2.75) is 24.5 Å². The Bertz CT molecular complexity index is 538. The first-order chi connectivity index (χ1) is 11.1. The van der Waals surface area contributed by atoms with Crippen molar-refractivity contribution in [2.24, 2.45) is 5.73 Å². The van der Waals surface area contributed by atoms with Crippen molar-refractivity contribution >= 4 is 35.1 Å². The average Bonchev–Trinajstić information content (AvgIpc) is 2.54. The van der Waals surface area contributed by atoms with Gasteiger partial charge in [0.1, 0.15) is 0 Å². The second kappa shape index (κ2) is 11.2. The van der Waals surface area contributed by atoms with Crippen LogP contribution in [0.4, 0.5) is 0 Å². The van der Waals surface area contributed by atoms with Crippen molar-refractivity contribution in [1.29, 1.82) is 0 Å². The molecule has 1 aromatic rings. The minimum absolute atomic E-state index is 0.127. The SMILES string of the molecule is NCC(CCO)c1ccc(Cl)c(Cl)c1.O=C(O)C(O)C(O)C(=O)O. The summed E-state index contributed by atoms with van der Waals surface area (Å²) >= 11 is 11.7. The molecule has 136 valence electrons. The van der Waals surface area contributed by atoms with Gasteiger partial charge >= 0.3 is 11.9 Å². The number of benzene rings is 1. The summed E-state index contributed by atoms with van der Waals surface area (Å²) in [5.41, 5.74) is 6.62. The van der Waals surface area contributed by atoms with E-state index in [0.29, 0.717) is 23.0 Å². The molecule has 7 N–H and O–H groups in total. The summed E-state index contributed by atoms with van der Waals surface area (Å²) in [6.07, 6.45) is -3.89. The van der Waals surface area contributed by atoms with E-state index in [1.807, 2.05) is 6.07 Å². The molecule has 1 rings (SSSR count). The van der Waals surface area contributed by atoms with Gasteiger partial charge in [0.25, 0.3) is 0 Å². The Labute approximate surface area is 148 Å². The number of rotatable bonds is 7. The van der Waals surface area contributed by atoms with Gasteiger partial charge in [-0.2, -0.15) is 0 Å². The van der Waals surface area contributed by atoms with Crippen LogP contribution in [0.1, 0.15) is 17.9 Å². The van der Waals surface area contributed by atoms with Gasteiger partial charge in [-0.25, -0.2) is 9.59 Å². The van der Waals surface area contributed by atoms with Crippen molar-refractivity contribution in [3.63, 3.8) is 0 Å². The lowest BCUT2D eigenvalue weighted by Gasteiger charge is -2.14. The Morgan fingerprint density at radius 1 is 1.04 bits per heavy atom. The molecule has 0 radical (unpaired) electrons. The highest BCUT2D eigenvalue weighted by atomic mass is 35.5. The Hall–Kier alpha value is -1.42. The van der Waals surface area contributed by atoms with Crippen molar-refractivity contribution in [2.75, 3.05) is 13.2 Å². The summed E-state index contributed by atoms with van der Waals surface area (Å²) in [6, 6.07) is 5.44. The van der Waals surface area contributed by atoms with Gasteiger partial charge in [0.05, 0.1) is 10.0 Å². The predicted octanol–water partition coefficient (Wildman–Crippen LogP) is 0.296. The van der Waals surface area contributed by atoms with Crippen LogP contribution < -0.4 is 5.73 Å². The first-order valence-electron chi connectivity index (χ1n) is 6.73. The van der Waals surface area contributed by atoms with Crippen LogP contribution in [0.15, 0.2) is 18.2 Å². The fourth-order valence-corrected chi connectivity index (χ4v) is 1.92. The van der Waals surface area contributed by atoms with Gasteiger partial charge in [0.2, 0.25) is 0 Å². The number of carboxylic acid groups (broad SMARTS) is 2. The summed E-state index contributed by atoms with van der Waals surface area (Å²) < 4.78 is 0. The molecule has 3 atom stereocenters. The molecular formula is C14H19Cl2NO7. The Morgan fingerprint density at radius 3 is 1.88 bits per heavy atom. The number of carbonyl (C=O) groups is 2. The zero-order valence-corrected chi connectivity index (χ0v) is 14.0. The standard InChI is InChI=1S/C10H13Cl2NO.C4H6O6/c11-9-2-1-7(5-10(9)12)8(6-13)3-4-14;5-1(3(7)8)2(6)4(9)10/h1-2,5,8,14H,3-4,6,13H2;1-2,5-6H,(H,7,8)(H,9,10). The summed E-state index contributed by atoms with van der Waals surface area (Å²) in [6.45, 7) is 0.626. The van der Waals surface area contributed by atoms with Crippen molar-refractivity contribution in [3.05, 3.63) is 33.8 Å². The monoisotopic (exact) mass is 383 g/mol. The molecular weight excluding hydrogens is 365 g/mol. The molecule has 0 heterocycles. The molecule has 0 aliphatic heterocycles. The lowest BCUT2D eigenvalue weighted by molar-refractivity contribution is -0.165. The Kier molecular flexibility index (Phi) is 10.5. The summed E-state index contributed by atoms with van der Waals surface area (Å²) in [4.78, 5) is 19.5. The second-order valence-electron chi connectivity index (χ2n) is 4.68. The second-order valence-corrected chi connectivity index (χ2v) is 5.50. The maximum absolute atomic E-state index is 9.77. The summed E-state index contributed by atoms with van der Waals surface area (Å²) in [5, 5.41) is 42.4. The molecule has 0 aliphatic carbocycles. The molecule has 0 fully saturated rings. The maximum Gasteiger partial charge on any atom is 0.335 e. The lowest BCUT2D eigenvalue weighted by Crippen LogP contribution is -2.39. The van der Waals surface area contributed by atoms with Gasteiger partial charge in [-0.3, -0.25) is 0 Å². The molecule has 1 aromatic carbocycles. The number of hydrogen-bond acceptors (Lipinski definition) is 6. The largest absolute Gasteiger partial charge is 0.479 e. The zero-order valence-electron chi connectivity index (χ0n) is 12.5. The molecule has 0 saturated carbocycles. The molecule has 0 spiro atoms. The van der Waals surface area contributed by atoms with Gasteiger partial charge in [0.15, 0.2) is 12.2 Å². The molecule has 24 heavy (non-hydrogen) atoms. The minimum atomic E-state index is -2.27. The zero-order chi connectivity index (χ0) is 18.9. The maximum atomic E-state index is 9.77. The van der Waals surface area contributed by atoms with E-state index < -0.39 is 24.1 Å². The van der Waals surface area contributed by atoms with Crippen LogP contribution in [0, 0.1) is 0 Å². The smallest absolute Gasteiger partial charge is 0.335 e. The van der Waals surface area contributed by atoms with E-state index in [-0.39, 0.29) is 12.5 Å². The highest BCUT2D eigenvalue weighted by Gasteiger charge is 2.29. The highest BCUT2D eigenvalue weighted by Crippen LogP contribution is 2.27. The van der Waals surface area contributed by atoms with E-state index in [4.69, 9.17) is 54.5 Å². The van der Waals surface area contributed by atoms with Gasteiger partial charge < -0.3 is 31.3 Å². The van der Waals surface area contributed by atoms with E-state index in [9.17, 15) is 9.59 Å². The summed E-state index contributed by atoms with van der Waals surface area (Å²) in [7, 11) is 0. The number of aliphatic carboxylic acids is 2. The molecule has 0 aliphatic rings. The third-order valence-electron chi connectivity index (χ3n) is 2.98. The topological polar surface area (TPSA) is 161 Å². The Morgan fingerprint density at radius 2 is 1.54 bits per heavy atom. The van der Waals surface area contributed by atoms with Crippen molar-refractivity contribution in [3.8, 4) is 0 Å². The van der Waals surface area contributed by atoms with Crippen LogP contribution >= 0.6 is 23.2 Å². The number of aliphatic hydroxyl groups excluding tert-OH is 3. The number of carboxylic acids is 2. The molecule has 0 bridgehead atoms. The van der Waals surface area contributed by atoms with E-state index >= 15 is 0 Å². The molecule has 10 heteroatoms. The number of hydrogen-bond donors (Lipinski definition) is 6. The van der Waals surface area contributed by atoms with Gasteiger partial charge in [-0.1, -0.05) is 29.3 Å². The molecule has 0 saturated heterocycles. The van der Waals surface area contributed by atoms with Crippen LogP contribution in [0.5, 0.6) is 0 Å². The van der Waals surface area contributed by atoms with Crippen molar-refractivity contribution < 1.29 is 35.1 Å². The molecule has 8 nitrogen and oxygen atoms in total. The van der Waals surface area contributed by atoms with Crippen LogP contribution in [0.25, 0.3) is 0 Å². The van der Waals surface area contributed by atoms with Crippen LogP contribution in [0.2, 0.25) is 10.0 Å². The van der Waals surface area contributed by atoms with Gasteiger partial charge in [-0.15, -0.1) is 0 Å². The Balaban J connectivity index is 0.000000470. The van der Waals surface area contributed by atoms with Gasteiger partial charge in [-0.05, 0) is 36.6 Å². The molecule has 0 amide bonds. The number of halogens is 2. The number of nitrogens with two attached hydrogens (primary N) is 1. The van der Waals surface area contributed by atoms with Crippen LogP contribution in [-0.2, 0) is 9.59 Å². The fourth-order valence-electron chi connectivity index (χ4n) is 1.61. The van der Waals surface area contributed by atoms with E-state index in [2.05, 4.69) is 0 Å².